The Morgan fingerprint density at radius 3 is 2.89 bits per heavy atom. The fourth-order valence-corrected chi connectivity index (χ4v) is 3.29. The number of nitrogens with zero attached hydrogens (tertiary/aromatic N) is 2. The van der Waals surface area contributed by atoms with E-state index in [0.717, 1.165) is 19.3 Å². The van der Waals surface area contributed by atoms with Crippen molar-refractivity contribution in [3.8, 4) is 0 Å². The van der Waals surface area contributed by atoms with Crippen molar-refractivity contribution in [2.45, 2.75) is 24.6 Å². The van der Waals surface area contributed by atoms with Gasteiger partial charge in [0.1, 0.15) is 0 Å². The van der Waals surface area contributed by atoms with E-state index in [2.05, 4.69) is 35.4 Å². The van der Waals surface area contributed by atoms with Crippen molar-refractivity contribution in [1.82, 2.24) is 9.78 Å². The van der Waals surface area contributed by atoms with E-state index >= 15 is 0 Å². The molecule has 1 heterocycles. The standard InChI is InChI=1S/C15H17ClN2/c1-18-13(8-9-17-18)7-6-12-10-11-4-2-3-5-14(11)15(12)16/h2-5,8-9,12,15H,6-7,10H2,1H3. The summed E-state index contributed by atoms with van der Waals surface area (Å²) >= 11 is 6.57. The summed E-state index contributed by atoms with van der Waals surface area (Å²) in [7, 11) is 2.00. The highest BCUT2D eigenvalue weighted by atomic mass is 35.5. The third-order valence-corrected chi connectivity index (χ3v) is 4.53. The van der Waals surface area contributed by atoms with Crippen LogP contribution in [-0.4, -0.2) is 9.78 Å². The molecule has 1 aliphatic carbocycles. The summed E-state index contributed by atoms with van der Waals surface area (Å²) in [4.78, 5) is 0. The van der Waals surface area contributed by atoms with Crippen LogP contribution in [0, 0.1) is 5.92 Å². The van der Waals surface area contributed by atoms with Gasteiger partial charge in [-0.05, 0) is 42.4 Å². The van der Waals surface area contributed by atoms with Gasteiger partial charge in [-0.1, -0.05) is 24.3 Å². The summed E-state index contributed by atoms with van der Waals surface area (Å²) in [6.07, 6.45) is 5.15. The van der Waals surface area contributed by atoms with E-state index in [1.807, 2.05) is 17.9 Å². The van der Waals surface area contributed by atoms with Crippen LogP contribution in [0.4, 0.5) is 0 Å². The molecule has 2 nitrogen and oxygen atoms in total. The van der Waals surface area contributed by atoms with Crippen LogP contribution in [0.25, 0.3) is 0 Å². The number of aromatic nitrogens is 2. The molecule has 94 valence electrons. The molecule has 3 rings (SSSR count). The van der Waals surface area contributed by atoms with Gasteiger partial charge in [0, 0.05) is 18.9 Å². The maximum absolute atomic E-state index is 6.57. The van der Waals surface area contributed by atoms with Crippen LogP contribution < -0.4 is 0 Å². The number of hydrogen-bond donors (Lipinski definition) is 0. The first kappa shape index (κ1) is 11.8. The third kappa shape index (κ3) is 2.05. The van der Waals surface area contributed by atoms with Crippen LogP contribution in [0.3, 0.4) is 0 Å². The van der Waals surface area contributed by atoms with Crippen LogP contribution in [0.1, 0.15) is 28.6 Å². The Hall–Kier alpha value is -1.28. The molecule has 0 radical (unpaired) electrons. The molecule has 2 aromatic rings. The number of rotatable bonds is 3. The minimum Gasteiger partial charge on any atom is -0.273 e. The highest BCUT2D eigenvalue weighted by Gasteiger charge is 2.30. The second-order valence-electron chi connectivity index (χ2n) is 5.05. The Kier molecular flexibility index (Phi) is 3.13. The summed E-state index contributed by atoms with van der Waals surface area (Å²) in [5.74, 6) is 0.555. The largest absolute Gasteiger partial charge is 0.273 e. The summed E-state index contributed by atoms with van der Waals surface area (Å²) in [5.41, 5.74) is 4.04. The first-order valence-corrected chi connectivity index (χ1v) is 6.88. The van der Waals surface area contributed by atoms with Gasteiger partial charge in [0.15, 0.2) is 0 Å². The van der Waals surface area contributed by atoms with Gasteiger partial charge in [0.2, 0.25) is 0 Å². The smallest absolute Gasteiger partial charge is 0.0619 e. The number of benzene rings is 1. The zero-order valence-electron chi connectivity index (χ0n) is 10.5. The summed E-state index contributed by atoms with van der Waals surface area (Å²) in [5, 5.41) is 4.38. The molecule has 0 bridgehead atoms. The van der Waals surface area contributed by atoms with Gasteiger partial charge in [-0.3, -0.25) is 4.68 Å². The fraction of sp³-hybridized carbons (Fsp3) is 0.400. The maximum atomic E-state index is 6.57. The van der Waals surface area contributed by atoms with Gasteiger partial charge in [0.05, 0.1) is 5.38 Å². The van der Waals surface area contributed by atoms with Gasteiger partial charge >= 0.3 is 0 Å². The summed E-state index contributed by atoms with van der Waals surface area (Å²) in [6, 6.07) is 10.6. The molecule has 2 unspecified atom stereocenters. The topological polar surface area (TPSA) is 17.8 Å². The van der Waals surface area contributed by atoms with E-state index in [1.165, 1.54) is 16.8 Å². The van der Waals surface area contributed by atoms with Crippen LogP contribution in [0.15, 0.2) is 36.5 Å². The van der Waals surface area contributed by atoms with E-state index in [0.29, 0.717) is 5.92 Å². The Morgan fingerprint density at radius 2 is 2.17 bits per heavy atom. The lowest BCUT2D eigenvalue weighted by Gasteiger charge is -2.13. The Bertz CT molecular complexity index is 547. The number of hydrogen-bond acceptors (Lipinski definition) is 1. The normalized spacial score (nSPS) is 22.1. The summed E-state index contributed by atoms with van der Waals surface area (Å²) < 4.78 is 1.95. The summed E-state index contributed by atoms with van der Waals surface area (Å²) in [6.45, 7) is 0. The van der Waals surface area contributed by atoms with E-state index in [-0.39, 0.29) is 5.38 Å². The van der Waals surface area contributed by atoms with E-state index in [1.54, 1.807) is 0 Å². The molecular formula is C15H17ClN2. The lowest BCUT2D eigenvalue weighted by Crippen LogP contribution is -2.06. The predicted octanol–water partition coefficient (Wildman–Crippen LogP) is 3.51. The first-order valence-electron chi connectivity index (χ1n) is 6.44. The second kappa shape index (κ2) is 4.77. The third-order valence-electron chi connectivity index (χ3n) is 3.94. The molecule has 18 heavy (non-hydrogen) atoms. The van der Waals surface area contributed by atoms with Crippen molar-refractivity contribution in [3.63, 3.8) is 0 Å². The number of alkyl halides is 1. The van der Waals surface area contributed by atoms with Crippen molar-refractivity contribution in [3.05, 3.63) is 53.3 Å². The maximum Gasteiger partial charge on any atom is 0.0619 e. The van der Waals surface area contributed by atoms with Crippen molar-refractivity contribution in [1.29, 1.82) is 0 Å². The second-order valence-corrected chi connectivity index (χ2v) is 5.52. The Labute approximate surface area is 113 Å². The zero-order valence-corrected chi connectivity index (χ0v) is 11.3. The molecule has 2 atom stereocenters. The lowest BCUT2D eigenvalue weighted by molar-refractivity contribution is 0.491. The van der Waals surface area contributed by atoms with Gasteiger partial charge < -0.3 is 0 Å². The van der Waals surface area contributed by atoms with Gasteiger partial charge in [-0.15, -0.1) is 11.6 Å². The lowest BCUT2D eigenvalue weighted by atomic mass is 9.98. The minimum absolute atomic E-state index is 0.175. The Balaban J connectivity index is 1.68. The zero-order chi connectivity index (χ0) is 12.5. The SMILES string of the molecule is Cn1nccc1CCC1Cc2ccccc2C1Cl. The minimum atomic E-state index is 0.175. The average Bonchev–Trinajstić information content (AvgIpc) is 2.92. The molecule has 0 spiro atoms. The van der Waals surface area contributed by atoms with Crippen LogP contribution >= 0.6 is 11.6 Å². The van der Waals surface area contributed by atoms with Crippen molar-refractivity contribution < 1.29 is 0 Å². The molecule has 1 aliphatic rings. The number of aryl methyl sites for hydroxylation is 2. The highest BCUT2D eigenvalue weighted by molar-refractivity contribution is 6.21. The van der Waals surface area contributed by atoms with Crippen molar-refractivity contribution in [2.24, 2.45) is 13.0 Å². The predicted molar refractivity (Wildman–Crippen MR) is 73.8 cm³/mol. The van der Waals surface area contributed by atoms with E-state index < -0.39 is 0 Å². The highest BCUT2D eigenvalue weighted by Crippen LogP contribution is 2.42. The van der Waals surface area contributed by atoms with Crippen LogP contribution in [0.5, 0.6) is 0 Å². The van der Waals surface area contributed by atoms with E-state index in [9.17, 15) is 0 Å². The molecule has 0 fully saturated rings. The molecule has 0 saturated carbocycles. The molecule has 0 saturated heterocycles. The molecule has 0 amide bonds. The molecule has 1 aromatic carbocycles. The van der Waals surface area contributed by atoms with Crippen molar-refractivity contribution >= 4 is 11.6 Å². The first-order chi connectivity index (χ1) is 8.75. The molecular weight excluding hydrogens is 244 g/mol. The quantitative estimate of drug-likeness (QED) is 0.773. The van der Waals surface area contributed by atoms with E-state index in [4.69, 9.17) is 11.6 Å². The number of fused-ring (bicyclic) bond motifs is 1. The average molecular weight is 261 g/mol. The molecule has 0 aliphatic heterocycles. The Morgan fingerprint density at radius 1 is 1.33 bits per heavy atom. The van der Waals surface area contributed by atoms with Crippen LogP contribution in [-0.2, 0) is 19.9 Å². The molecule has 0 N–H and O–H groups in total. The molecule has 1 aromatic heterocycles. The van der Waals surface area contributed by atoms with Gasteiger partial charge in [-0.25, -0.2) is 0 Å². The van der Waals surface area contributed by atoms with Gasteiger partial charge in [-0.2, -0.15) is 5.10 Å². The molecule has 3 heteroatoms. The van der Waals surface area contributed by atoms with Crippen molar-refractivity contribution in [2.75, 3.05) is 0 Å². The fourth-order valence-electron chi connectivity index (χ4n) is 2.86. The van der Waals surface area contributed by atoms with Gasteiger partial charge in [0.25, 0.3) is 0 Å². The number of halogens is 1. The van der Waals surface area contributed by atoms with Crippen LogP contribution in [0.2, 0.25) is 0 Å². The monoisotopic (exact) mass is 260 g/mol.